The Labute approximate surface area is 179 Å². The van der Waals surface area contributed by atoms with E-state index in [4.69, 9.17) is 9.72 Å². The minimum Gasteiger partial charge on any atom is -0.361 e. The predicted octanol–water partition coefficient (Wildman–Crippen LogP) is 5.82. The van der Waals surface area contributed by atoms with Crippen LogP contribution >= 0.6 is 27.3 Å². The lowest BCUT2D eigenvalue weighted by Crippen LogP contribution is -2.26. The van der Waals surface area contributed by atoms with E-state index >= 15 is 0 Å². The van der Waals surface area contributed by atoms with Crippen molar-refractivity contribution in [3.63, 3.8) is 0 Å². The minimum absolute atomic E-state index is 0.337. The first-order valence-electron chi connectivity index (χ1n) is 9.34. The Morgan fingerprint density at radius 3 is 2.64 bits per heavy atom. The molecule has 9 heteroatoms. The number of halogens is 1. The SMILES string of the molecule is CC(C)c1nnc(N(COCC[Si](C)(C)C)c2ccc3nccc(Br)c3n2)s1. The van der Waals surface area contributed by atoms with Crippen LogP contribution in [0.4, 0.5) is 10.9 Å². The van der Waals surface area contributed by atoms with Gasteiger partial charge in [-0.15, -0.1) is 10.2 Å². The summed E-state index contributed by atoms with van der Waals surface area (Å²) in [4.78, 5) is 11.2. The molecule has 0 atom stereocenters. The number of pyridine rings is 2. The summed E-state index contributed by atoms with van der Waals surface area (Å²) in [5, 5.41) is 10.5. The van der Waals surface area contributed by atoms with Crippen LogP contribution in [0, 0.1) is 0 Å². The van der Waals surface area contributed by atoms with Gasteiger partial charge in [0.1, 0.15) is 23.1 Å². The topological polar surface area (TPSA) is 64.0 Å². The Hall–Kier alpha value is -1.42. The molecule has 3 aromatic rings. The maximum Gasteiger partial charge on any atom is 0.215 e. The Balaban J connectivity index is 1.89. The van der Waals surface area contributed by atoms with Crippen molar-refractivity contribution in [1.82, 2.24) is 20.2 Å². The molecule has 0 aromatic carbocycles. The number of fused-ring (bicyclic) bond motifs is 1. The standard InChI is InChI=1S/C19H26BrN5OSSi/c1-13(2)18-23-24-19(27-18)25(12-26-10-11-28(3,4)5)16-7-6-15-17(22-16)14(20)8-9-21-15/h6-9,13H,10-12H2,1-5H3. The molecule has 0 saturated heterocycles. The molecule has 3 heterocycles. The van der Waals surface area contributed by atoms with Crippen LogP contribution in [-0.4, -0.2) is 41.6 Å². The van der Waals surface area contributed by atoms with Crippen LogP contribution in [0.15, 0.2) is 28.9 Å². The zero-order valence-electron chi connectivity index (χ0n) is 16.9. The van der Waals surface area contributed by atoms with Gasteiger partial charge < -0.3 is 4.74 Å². The number of rotatable bonds is 8. The molecular weight excluding hydrogens is 454 g/mol. The van der Waals surface area contributed by atoms with Crippen molar-refractivity contribution in [3.8, 4) is 0 Å². The van der Waals surface area contributed by atoms with Gasteiger partial charge in [0, 0.05) is 31.3 Å². The van der Waals surface area contributed by atoms with Gasteiger partial charge in [-0.3, -0.25) is 9.88 Å². The molecule has 6 nitrogen and oxygen atoms in total. The highest BCUT2D eigenvalue weighted by molar-refractivity contribution is 9.10. The highest BCUT2D eigenvalue weighted by atomic mass is 79.9. The molecule has 0 amide bonds. The zero-order chi connectivity index (χ0) is 20.3. The summed E-state index contributed by atoms with van der Waals surface area (Å²) in [5.41, 5.74) is 1.67. The summed E-state index contributed by atoms with van der Waals surface area (Å²) in [6.07, 6.45) is 1.77. The van der Waals surface area contributed by atoms with Crippen molar-refractivity contribution < 1.29 is 4.74 Å². The molecule has 28 heavy (non-hydrogen) atoms. The van der Waals surface area contributed by atoms with Crippen molar-refractivity contribution in [3.05, 3.63) is 33.9 Å². The molecule has 0 radical (unpaired) electrons. The maximum atomic E-state index is 6.02. The van der Waals surface area contributed by atoms with Gasteiger partial charge in [-0.2, -0.15) is 0 Å². The fraction of sp³-hybridized carbons (Fsp3) is 0.474. The Morgan fingerprint density at radius 1 is 1.18 bits per heavy atom. The molecule has 150 valence electrons. The highest BCUT2D eigenvalue weighted by Gasteiger charge is 2.19. The summed E-state index contributed by atoms with van der Waals surface area (Å²) in [6, 6.07) is 6.95. The average Bonchev–Trinajstić information content (AvgIpc) is 3.11. The van der Waals surface area contributed by atoms with Crippen LogP contribution in [0.5, 0.6) is 0 Å². The molecule has 0 N–H and O–H groups in total. The van der Waals surface area contributed by atoms with E-state index in [0.29, 0.717) is 12.6 Å². The fourth-order valence-corrected chi connectivity index (χ4v) is 4.47. The Kier molecular flexibility index (Phi) is 6.80. The van der Waals surface area contributed by atoms with Crippen LogP contribution in [0.3, 0.4) is 0 Å². The van der Waals surface area contributed by atoms with Gasteiger partial charge in [0.15, 0.2) is 0 Å². The smallest absolute Gasteiger partial charge is 0.215 e. The summed E-state index contributed by atoms with van der Waals surface area (Å²) >= 11 is 5.15. The predicted molar refractivity (Wildman–Crippen MR) is 122 cm³/mol. The molecule has 0 fully saturated rings. The van der Waals surface area contributed by atoms with E-state index in [1.54, 1.807) is 17.5 Å². The van der Waals surface area contributed by atoms with Gasteiger partial charge in [0.2, 0.25) is 5.13 Å². The third kappa shape index (κ3) is 5.34. The second-order valence-electron chi connectivity index (χ2n) is 8.18. The van der Waals surface area contributed by atoms with E-state index in [9.17, 15) is 0 Å². The van der Waals surface area contributed by atoms with E-state index in [1.807, 2.05) is 23.1 Å². The third-order valence-electron chi connectivity index (χ3n) is 4.17. The molecule has 0 aliphatic carbocycles. The summed E-state index contributed by atoms with van der Waals surface area (Å²) in [6.45, 7) is 12.4. The number of hydrogen-bond acceptors (Lipinski definition) is 7. The van der Waals surface area contributed by atoms with Gasteiger partial charge in [0.05, 0.1) is 5.52 Å². The first-order chi connectivity index (χ1) is 13.2. The summed E-state index contributed by atoms with van der Waals surface area (Å²) in [5.74, 6) is 1.12. The Bertz CT molecular complexity index is 943. The monoisotopic (exact) mass is 479 g/mol. The van der Waals surface area contributed by atoms with Crippen LogP contribution in [0.25, 0.3) is 11.0 Å². The molecule has 3 rings (SSSR count). The second-order valence-corrected chi connectivity index (χ2v) is 15.6. The van der Waals surface area contributed by atoms with Crippen molar-refractivity contribution in [1.29, 1.82) is 0 Å². The second kappa shape index (κ2) is 8.94. The molecule has 0 unspecified atom stereocenters. The maximum absolute atomic E-state index is 6.02. The lowest BCUT2D eigenvalue weighted by Gasteiger charge is -2.22. The van der Waals surface area contributed by atoms with Crippen molar-refractivity contribution >= 4 is 57.3 Å². The zero-order valence-corrected chi connectivity index (χ0v) is 20.3. The molecule has 0 aliphatic rings. The number of nitrogens with zero attached hydrogens (tertiary/aromatic N) is 5. The molecule has 0 saturated carbocycles. The first kappa shape index (κ1) is 21.3. The van der Waals surface area contributed by atoms with Gasteiger partial charge in [-0.25, -0.2) is 4.98 Å². The van der Waals surface area contributed by atoms with Crippen LogP contribution in [0.1, 0.15) is 24.8 Å². The van der Waals surface area contributed by atoms with Crippen LogP contribution in [0.2, 0.25) is 25.7 Å². The fourth-order valence-electron chi connectivity index (χ4n) is 2.46. The molecular formula is C19H26BrN5OSSi. The van der Waals surface area contributed by atoms with Gasteiger partial charge in [-0.1, -0.05) is 44.8 Å². The van der Waals surface area contributed by atoms with Gasteiger partial charge >= 0.3 is 0 Å². The van der Waals surface area contributed by atoms with Crippen LogP contribution in [-0.2, 0) is 4.74 Å². The number of aromatic nitrogens is 4. The van der Waals surface area contributed by atoms with Gasteiger partial charge in [0.25, 0.3) is 0 Å². The van der Waals surface area contributed by atoms with E-state index in [-0.39, 0.29) is 0 Å². The van der Waals surface area contributed by atoms with E-state index in [0.717, 1.165) is 44.1 Å². The first-order valence-corrected chi connectivity index (χ1v) is 14.7. The lowest BCUT2D eigenvalue weighted by atomic mass is 10.2. The third-order valence-corrected chi connectivity index (χ3v) is 7.76. The molecule has 0 bridgehead atoms. The number of hydrogen-bond donors (Lipinski definition) is 0. The normalized spacial score (nSPS) is 12.1. The summed E-state index contributed by atoms with van der Waals surface area (Å²) in [7, 11) is -1.14. The lowest BCUT2D eigenvalue weighted by molar-refractivity contribution is 0.153. The van der Waals surface area contributed by atoms with Crippen LogP contribution < -0.4 is 4.90 Å². The van der Waals surface area contributed by atoms with E-state index in [1.165, 1.54) is 0 Å². The van der Waals surface area contributed by atoms with E-state index in [2.05, 4.69) is 64.6 Å². The number of ether oxygens (including phenoxy) is 1. The molecule has 3 aromatic heterocycles. The molecule has 0 aliphatic heterocycles. The average molecular weight is 481 g/mol. The quantitative estimate of drug-likeness (QED) is 0.230. The van der Waals surface area contributed by atoms with Crippen molar-refractivity contribution in [2.75, 3.05) is 18.2 Å². The Morgan fingerprint density at radius 2 is 1.96 bits per heavy atom. The minimum atomic E-state index is -1.14. The van der Waals surface area contributed by atoms with Gasteiger partial charge in [-0.05, 0) is 40.2 Å². The van der Waals surface area contributed by atoms with Crippen molar-refractivity contribution in [2.45, 2.75) is 45.5 Å². The number of anilines is 2. The summed E-state index contributed by atoms with van der Waals surface area (Å²) < 4.78 is 6.94. The highest BCUT2D eigenvalue weighted by Crippen LogP contribution is 2.32. The van der Waals surface area contributed by atoms with E-state index < -0.39 is 8.07 Å². The molecule has 0 spiro atoms. The van der Waals surface area contributed by atoms with Crippen molar-refractivity contribution in [2.24, 2.45) is 0 Å². The largest absolute Gasteiger partial charge is 0.361 e.